The van der Waals surface area contributed by atoms with Gasteiger partial charge in [0.1, 0.15) is 0 Å². The van der Waals surface area contributed by atoms with Crippen molar-refractivity contribution in [1.82, 2.24) is 0 Å². The number of hydrogen-bond donors (Lipinski definition) is 0. The molecule has 0 amide bonds. The minimum atomic E-state index is -3.48. The fourth-order valence-corrected chi connectivity index (χ4v) is 22.3. The molecule has 33 heavy (non-hydrogen) atoms. The summed E-state index contributed by atoms with van der Waals surface area (Å²) in [6.45, 7) is 8.83. The molecule has 0 heterocycles. The van der Waals surface area contributed by atoms with Gasteiger partial charge in [0.05, 0.1) is 0 Å². The Bertz CT molecular complexity index is 1040. The summed E-state index contributed by atoms with van der Waals surface area (Å²) >= 11 is -3.48. The van der Waals surface area contributed by atoms with Crippen LogP contribution in [-0.2, 0) is 12.8 Å². The maximum absolute atomic E-state index is 4.42. The van der Waals surface area contributed by atoms with Gasteiger partial charge >= 0.3 is 204 Å². The maximum atomic E-state index is 4.42. The van der Waals surface area contributed by atoms with E-state index >= 15 is 0 Å². The molecule has 2 atom stereocenters. The number of hydrogen-bond acceptors (Lipinski definition) is 0. The fraction of sp³-hybridized carbons (Fsp3) is 0.125. The molecule has 0 bridgehead atoms. The summed E-state index contributed by atoms with van der Waals surface area (Å²) in [4.78, 5) is 0. The van der Waals surface area contributed by atoms with E-state index in [0.29, 0.717) is 7.87 Å². The first-order chi connectivity index (χ1) is 16.3. The molecular weight excluding hydrogens is 503 g/mol. The van der Waals surface area contributed by atoms with Crippen LogP contribution < -0.4 is 7.16 Å². The van der Waals surface area contributed by atoms with Crippen molar-refractivity contribution in [1.29, 1.82) is 0 Å². The van der Waals surface area contributed by atoms with Crippen LogP contribution in [0.15, 0.2) is 147 Å². The van der Waals surface area contributed by atoms with Crippen LogP contribution in [0.5, 0.6) is 0 Å². The summed E-state index contributed by atoms with van der Waals surface area (Å²) in [7, 11) is 0. The summed E-state index contributed by atoms with van der Waals surface area (Å²) < 4.78 is 3.80. The molecule has 0 radical (unpaired) electrons. The van der Waals surface area contributed by atoms with Gasteiger partial charge in [0.15, 0.2) is 0 Å². The average Bonchev–Trinajstić information content (AvgIpc) is 2.90. The Morgan fingerprint density at radius 3 is 1.09 bits per heavy atom. The third-order valence-corrected chi connectivity index (χ3v) is 23.4. The van der Waals surface area contributed by atoms with Crippen molar-refractivity contribution in [2.75, 3.05) is 0 Å². The molecule has 0 aliphatic heterocycles. The van der Waals surface area contributed by atoms with Crippen molar-refractivity contribution in [3.8, 4) is 0 Å². The molecular formula is C32H32Sn. The monoisotopic (exact) mass is 536 g/mol. The van der Waals surface area contributed by atoms with E-state index in [2.05, 4.69) is 147 Å². The molecule has 0 aromatic heterocycles. The van der Waals surface area contributed by atoms with Gasteiger partial charge in [-0.05, 0) is 0 Å². The van der Waals surface area contributed by atoms with Crippen LogP contribution in [0.1, 0.15) is 11.1 Å². The Hall–Kier alpha value is -2.84. The Kier molecular flexibility index (Phi) is 8.01. The van der Waals surface area contributed by atoms with Crippen LogP contribution >= 0.6 is 0 Å². The Morgan fingerprint density at radius 1 is 0.485 bits per heavy atom. The summed E-state index contributed by atoms with van der Waals surface area (Å²) in [5, 5.41) is 0. The predicted octanol–water partition coefficient (Wildman–Crippen LogP) is 6.85. The van der Waals surface area contributed by atoms with Gasteiger partial charge in [0, 0.05) is 0 Å². The van der Waals surface area contributed by atoms with E-state index < -0.39 is 18.4 Å². The third kappa shape index (κ3) is 5.07. The first-order valence-corrected chi connectivity index (χ1v) is 17.9. The van der Waals surface area contributed by atoms with Crippen molar-refractivity contribution >= 4 is 25.5 Å². The molecule has 0 N–H and O–H groups in total. The molecule has 0 aliphatic carbocycles. The van der Waals surface area contributed by atoms with E-state index in [1.807, 2.05) is 0 Å². The molecule has 0 saturated carbocycles. The van der Waals surface area contributed by atoms with Crippen molar-refractivity contribution in [2.24, 2.45) is 0 Å². The number of benzene rings is 4. The van der Waals surface area contributed by atoms with Crippen molar-refractivity contribution in [2.45, 2.75) is 20.7 Å². The molecule has 4 aromatic rings. The van der Waals surface area contributed by atoms with Crippen LogP contribution in [0.25, 0.3) is 0 Å². The standard InChI is InChI=1S/2C10H11.2C6H5.Sn/c2*1-2-3-7-10-8-5-4-6-9-10;2*1-2-4-6-5-3-1;/h2*2-6,8-9H,1,7H2;2*1-5H;. The van der Waals surface area contributed by atoms with Crippen LogP contribution in [0.2, 0.25) is 7.87 Å². The summed E-state index contributed by atoms with van der Waals surface area (Å²) in [6.07, 6.45) is 6.52. The van der Waals surface area contributed by atoms with Gasteiger partial charge in [-0.25, -0.2) is 0 Å². The molecule has 0 fully saturated rings. The van der Waals surface area contributed by atoms with Gasteiger partial charge in [0.2, 0.25) is 0 Å². The fourth-order valence-electron chi connectivity index (χ4n) is 5.32. The van der Waals surface area contributed by atoms with Crippen LogP contribution in [0.4, 0.5) is 0 Å². The van der Waals surface area contributed by atoms with E-state index in [-0.39, 0.29) is 0 Å². The normalized spacial score (nSPS) is 13.1. The van der Waals surface area contributed by atoms with Gasteiger partial charge in [-0.15, -0.1) is 0 Å². The Balaban J connectivity index is 1.95. The van der Waals surface area contributed by atoms with Gasteiger partial charge in [-0.3, -0.25) is 0 Å². The van der Waals surface area contributed by atoms with Crippen LogP contribution in [0, 0.1) is 0 Å². The number of rotatable bonds is 10. The first kappa shape index (κ1) is 23.3. The minimum absolute atomic E-state index is 0.387. The third-order valence-electron chi connectivity index (χ3n) is 6.84. The van der Waals surface area contributed by atoms with Gasteiger partial charge < -0.3 is 0 Å². The molecule has 4 aromatic carbocycles. The Morgan fingerprint density at radius 2 is 0.788 bits per heavy atom. The summed E-state index contributed by atoms with van der Waals surface area (Å²) in [5.74, 6) is 0. The molecule has 0 saturated heterocycles. The predicted molar refractivity (Wildman–Crippen MR) is 146 cm³/mol. The van der Waals surface area contributed by atoms with E-state index in [0.717, 1.165) is 12.8 Å². The molecule has 0 spiro atoms. The first-order valence-electron chi connectivity index (χ1n) is 11.7. The van der Waals surface area contributed by atoms with E-state index in [4.69, 9.17) is 0 Å². The molecule has 1 heteroatoms. The Labute approximate surface area is 203 Å². The van der Waals surface area contributed by atoms with Crippen molar-refractivity contribution < 1.29 is 0 Å². The quantitative estimate of drug-likeness (QED) is 0.154. The van der Waals surface area contributed by atoms with Crippen LogP contribution in [0.3, 0.4) is 0 Å². The zero-order valence-corrected chi connectivity index (χ0v) is 22.0. The molecule has 0 aliphatic rings. The van der Waals surface area contributed by atoms with Gasteiger partial charge in [-0.2, -0.15) is 0 Å². The van der Waals surface area contributed by atoms with E-state index in [9.17, 15) is 0 Å². The zero-order chi connectivity index (χ0) is 22.9. The summed E-state index contributed by atoms with van der Waals surface area (Å²) in [5.41, 5.74) is 2.75. The zero-order valence-electron chi connectivity index (χ0n) is 19.2. The molecule has 164 valence electrons. The van der Waals surface area contributed by atoms with E-state index in [1.165, 1.54) is 18.3 Å². The second-order valence-corrected chi connectivity index (χ2v) is 21.2. The topological polar surface area (TPSA) is 0 Å². The van der Waals surface area contributed by atoms with Crippen LogP contribution in [-0.4, -0.2) is 18.4 Å². The molecule has 2 unspecified atom stereocenters. The second kappa shape index (κ2) is 11.3. The van der Waals surface area contributed by atoms with Gasteiger partial charge in [-0.1, -0.05) is 0 Å². The van der Waals surface area contributed by atoms with Gasteiger partial charge in [0.25, 0.3) is 0 Å². The summed E-state index contributed by atoms with van der Waals surface area (Å²) in [6, 6.07) is 44.3. The van der Waals surface area contributed by atoms with E-state index in [1.54, 1.807) is 0 Å². The number of allylic oxidation sites excluding steroid dienone is 2. The van der Waals surface area contributed by atoms with Crippen molar-refractivity contribution in [3.05, 3.63) is 158 Å². The molecule has 4 rings (SSSR count). The SMILES string of the molecule is C=C[CH](Cc1ccccc1)[Sn]([c]1ccccc1)([c]1ccccc1)[CH](C=C)Cc1ccccc1. The van der Waals surface area contributed by atoms with Crippen molar-refractivity contribution in [3.63, 3.8) is 0 Å². The second-order valence-electron chi connectivity index (χ2n) is 8.66. The average molecular weight is 535 g/mol. The molecule has 0 nitrogen and oxygen atoms in total.